The first-order valence-electron chi connectivity index (χ1n) is 7.47. The van der Waals surface area contributed by atoms with Crippen molar-refractivity contribution in [1.29, 1.82) is 0 Å². The van der Waals surface area contributed by atoms with Crippen molar-refractivity contribution in [3.05, 3.63) is 48.0 Å². The normalized spacial score (nSPS) is 19.8. The molecular weight excluding hydrogens is 267 g/mol. The van der Waals surface area contributed by atoms with E-state index in [1.54, 1.807) is 12.1 Å². The smallest absolute Gasteiger partial charge is 0.134 e. The second-order valence-corrected chi connectivity index (χ2v) is 5.76. The molecule has 0 amide bonds. The second-order valence-electron chi connectivity index (χ2n) is 5.76. The number of hydrogen-bond donors (Lipinski definition) is 1. The third-order valence-electron chi connectivity index (χ3n) is 3.98. The third-order valence-corrected chi connectivity index (χ3v) is 3.98. The first kappa shape index (κ1) is 14.3. The number of hydrogen-bond acceptors (Lipinski definition) is 3. The van der Waals surface area contributed by atoms with E-state index in [-0.39, 0.29) is 5.82 Å². The van der Waals surface area contributed by atoms with Crippen LogP contribution in [0.2, 0.25) is 0 Å². The lowest BCUT2D eigenvalue weighted by Crippen LogP contribution is -2.43. The Morgan fingerprint density at radius 1 is 1.24 bits per heavy atom. The van der Waals surface area contributed by atoms with Crippen molar-refractivity contribution in [2.45, 2.75) is 25.4 Å². The Morgan fingerprint density at radius 3 is 2.81 bits per heavy atom. The first-order chi connectivity index (χ1) is 10.2. The zero-order chi connectivity index (χ0) is 14.7. The van der Waals surface area contributed by atoms with Gasteiger partial charge in [0.2, 0.25) is 0 Å². The van der Waals surface area contributed by atoms with E-state index in [0.717, 1.165) is 30.2 Å². The summed E-state index contributed by atoms with van der Waals surface area (Å²) in [7, 11) is 2.16. The molecule has 3 rings (SSSR count). The van der Waals surface area contributed by atoms with Gasteiger partial charge in [0, 0.05) is 18.2 Å². The van der Waals surface area contributed by atoms with E-state index in [2.05, 4.69) is 17.3 Å². The molecule has 1 aromatic carbocycles. The van der Waals surface area contributed by atoms with Crippen LogP contribution in [-0.2, 0) is 6.54 Å². The van der Waals surface area contributed by atoms with Crippen LogP contribution in [0, 0.1) is 5.82 Å². The van der Waals surface area contributed by atoms with Crippen molar-refractivity contribution < 1.29 is 8.81 Å². The van der Waals surface area contributed by atoms with Gasteiger partial charge in [0.15, 0.2) is 0 Å². The minimum absolute atomic E-state index is 0.228. The molecule has 1 N–H and O–H groups in total. The number of rotatable bonds is 4. The molecular formula is C17H21FN2O. The van der Waals surface area contributed by atoms with E-state index in [1.807, 2.05) is 12.1 Å². The molecule has 0 spiro atoms. The van der Waals surface area contributed by atoms with Gasteiger partial charge in [-0.3, -0.25) is 0 Å². The summed E-state index contributed by atoms with van der Waals surface area (Å²) in [6.07, 6.45) is 2.46. The zero-order valence-electron chi connectivity index (χ0n) is 12.3. The zero-order valence-corrected chi connectivity index (χ0v) is 12.3. The van der Waals surface area contributed by atoms with Crippen LogP contribution in [0.25, 0.3) is 11.3 Å². The fraction of sp³-hybridized carbons (Fsp3) is 0.412. The number of halogens is 1. The van der Waals surface area contributed by atoms with Gasteiger partial charge in [0.1, 0.15) is 17.3 Å². The molecule has 1 fully saturated rings. The van der Waals surface area contributed by atoms with Crippen LogP contribution in [0.5, 0.6) is 0 Å². The predicted molar refractivity (Wildman–Crippen MR) is 81.5 cm³/mol. The molecule has 21 heavy (non-hydrogen) atoms. The third kappa shape index (κ3) is 3.71. The van der Waals surface area contributed by atoms with Gasteiger partial charge in [0.25, 0.3) is 0 Å². The minimum Gasteiger partial charge on any atom is -0.460 e. The number of likely N-dealkylation sites (N-methyl/N-ethyl adjacent to an activating group) is 1. The first-order valence-corrected chi connectivity index (χ1v) is 7.47. The Morgan fingerprint density at radius 2 is 2.05 bits per heavy atom. The highest BCUT2D eigenvalue weighted by Gasteiger charge is 2.16. The molecule has 1 aromatic heterocycles. The Bertz CT molecular complexity index is 579. The lowest BCUT2D eigenvalue weighted by molar-refractivity contribution is 0.224. The summed E-state index contributed by atoms with van der Waals surface area (Å²) < 4.78 is 18.8. The summed E-state index contributed by atoms with van der Waals surface area (Å²) in [6, 6.07) is 10.8. The Labute approximate surface area is 124 Å². The fourth-order valence-corrected chi connectivity index (χ4v) is 2.82. The van der Waals surface area contributed by atoms with Crippen molar-refractivity contribution in [1.82, 2.24) is 10.2 Å². The topological polar surface area (TPSA) is 28.4 Å². The van der Waals surface area contributed by atoms with Crippen molar-refractivity contribution in [2.75, 3.05) is 20.1 Å². The number of nitrogens with zero attached hydrogens (tertiary/aromatic N) is 1. The highest BCUT2D eigenvalue weighted by atomic mass is 19.1. The summed E-state index contributed by atoms with van der Waals surface area (Å²) in [4.78, 5) is 2.35. The number of likely N-dealkylation sites (tertiary alicyclic amines) is 1. The fourth-order valence-electron chi connectivity index (χ4n) is 2.82. The van der Waals surface area contributed by atoms with Gasteiger partial charge in [-0.2, -0.15) is 0 Å². The van der Waals surface area contributed by atoms with Crippen molar-refractivity contribution in [3.8, 4) is 11.3 Å². The Hall–Kier alpha value is -1.65. The Balaban J connectivity index is 1.59. The van der Waals surface area contributed by atoms with Crippen LogP contribution in [0.3, 0.4) is 0 Å². The SMILES string of the molecule is CN1CCCC(NCc2ccc(-c3ccc(F)cc3)o2)C1. The lowest BCUT2D eigenvalue weighted by atomic mass is 10.1. The quantitative estimate of drug-likeness (QED) is 0.936. The van der Waals surface area contributed by atoms with Crippen molar-refractivity contribution in [3.63, 3.8) is 0 Å². The van der Waals surface area contributed by atoms with E-state index < -0.39 is 0 Å². The molecule has 1 atom stereocenters. The second kappa shape index (κ2) is 6.41. The molecule has 112 valence electrons. The van der Waals surface area contributed by atoms with Crippen LogP contribution < -0.4 is 5.32 Å². The standard InChI is InChI=1S/C17H21FN2O/c1-20-10-2-3-15(12-20)19-11-16-8-9-17(21-16)13-4-6-14(18)7-5-13/h4-9,15,19H,2-3,10-12H2,1H3. The summed E-state index contributed by atoms with van der Waals surface area (Å²) in [5.41, 5.74) is 0.903. The average molecular weight is 288 g/mol. The summed E-state index contributed by atoms with van der Waals surface area (Å²) in [6.45, 7) is 3.01. The predicted octanol–water partition coefficient (Wildman–Crippen LogP) is 3.27. The van der Waals surface area contributed by atoms with E-state index in [0.29, 0.717) is 6.04 Å². The van der Waals surface area contributed by atoms with Crippen LogP contribution >= 0.6 is 0 Å². The number of benzene rings is 1. The van der Waals surface area contributed by atoms with Crippen LogP contribution in [0.4, 0.5) is 4.39 Å². The van der Waals surface area contributed by atoms with Gasteiger partial charge in [-0.15, -0.1) is 0 Å². The van der Waals surface area contributed by atoms with Gasteiger partial charge >= 0.3 is 0 Å². The summed E-state index contributed by atoms with van der Waals surface area (Å²) in [5.74, 6) is 1.48. The maximum atomic E-state index is 12.9. The number of piperidine rings is 1. The van der Waals surface area contributed by atoms with Crippen molar-refractivity contribution in [2.24, 2.45) is 0 Å². The molecule has 1 saturated heterocycles. The van der Waals surface area contributed by atoms with Gasteiger partial charge in [-0.1, -0.05) is 0 Å². The van der Waals surface area contributed by atoms with E-state index in [4.69, 9.17) is 4.42 Å². The number of furan rings is 1. The van der Waals surface area contributed by atoms with Crippen LogP contribution in [0.15, 0.2) is 40.8 Å². The molecule has 1 aliphatic rings. The van der Waals surface area contributed by atoms with E-state index in [1.165, 1.54) is 31.5 Å². The maximum absolute atomic E-state index is 12.9. The van der Waals surface area contributed by atoms with E-state index in [9.17, 15) is 4.39 Å². The molecule has 0 saturated carbocycles. The molecule has 0 aliphatic carbocycles. The Kier molecular flexibility index (Phi) is 4.36. The van der Waals surface area contributed by atoms with Crippen molar-refractivity contribution >= 4 is 0 Å². The highest BCUT2D eigenvalue weighted by Crippen LogP contribution is 2.22. The lowest BCUT2D eigenvalue weighted by Gasteiger charge is -2.30. The largest absolute Gasteiger partial charge is 0.460 e. The summed E-state index contributed by atoms with van der Waals surface area (Å²) in [5, 5.41) is 3.55. The van der Waals surface area contributed by atoms with Crippen LogP contribution in [0.1, 0.15) is 18.6 Å². The number of nitrogens with one attached hydrogen (secondary N) is 1. The van der Waals surface area contributed by atoms with Gasteiger partial charge in [0.05, 0.1) is 6.54 Å². The molecule has 1 unspecified atom stereocenters. The molecule has 2 aromatic rings. The minimum atomic E-state index is -0.228. The molecule has 2 heterocycles. The molecule has 0 radical (unpaired) electrons. The molecule has 4 heteroatoms. The maximum Gasteiger partial charge on any atom is 0.134 e. The van der Waals surface area contributed by atoms with E-state index >= 15 is 0 Å². The highest BCUT2D eigenvalue weighted by molar-refractivity contribution is 5.57. The average Bonchev–Trinajstić information content (AvgIpc) is 2.95. The molecule has 3 nitrogen and oxygen atoms in total. The van der Waals surface area contributed by atoms with Crippen LogP contribution in [-0.4, -0.2) is 31.1 Å². The van der Waals surface area contributed by atoms with Gasteiger partial charge < -0.3 is 14.6 Å². The van der Waals surface area contributed by atoms with Gasteiger partial charge in [-0.25, -0.2) is 4.39 Å². The van der Waals surface area contributed by atoms with Gasteiger partial charge in [-0.05, 0) is 62.8 Å². The monoisotopic (exact) mass is 288 g/mol. The molecule has 1 aliphatic heterocycles. The summed E-state index contributed by atoms with van der Waals surface area (Å²) >= 11 is 0. The molecule has 0 bridgehead atoms.